The maximum absolute atomic E-state index is 12.8. The molecule has 34 heavy (non-hydrogen) atoms. The van der Waals surface area contributed by atoms with Gasteiger partial charge in [0, 0.05) is 38.1 Å². The number of hydrogen-bond acceptors (Lipinski definition) is 6. The number of nitrogens with one attached hydrogen (secondary N) is 1. The molecule has 2 aromatic carbocycles. The Morgan fingerprint density at radius 3 is 2.24 bits per heavy atom. The first-order valence-electron chi connectivity index (χ1n) is 11.2. The predicted molar refractivity (Wildman–Crippen MR) is 133 cm³/mol. The van der Waals surface area contributed by atoms with Gasteiger partial charge in [-0.2, -0.15) is 0 Å². The average Bonchev–Trinajstić information content (AvgIpc) is 2.84. The number of anilines is 3. The number of carboxylic acid groups (broad SMARTS) is 1. The molecule has 0 radical (unpaired) electrons. The number of benzene rings is 2. The van der Waals surface area contributed by atoms with Crippen molar-refractivity contribution in [3.63, 3.8) is 0 Å². The van der Waals surface area contributed by atoms with Crippen LogP contribution in [-0.2, 0) is 10.0 Å². The zero-order valence-corrected chi connectivity index (χ0v) is 20.0. The Morgan fingerprint density at radius 1 is 0.971 bits per heavy atom. The number of nitrogens with zero attached hydrogens (tertiary/aromatic N) is 3. The Morgan fingerprint density at radius 2 is 1.65 bits per heavy atom. The van der Waals surface area contributed by atoms with Crippen molar-refractivity contribution in [2.75, 3.05) is 40.7 Å². The molecule has 0 amide bonds. The van der Waals surface area contributed by atoms with E-state index in [1.165, 1.54) is 6.07 Å². The summed E-state index contributed by atoms with van der Waals surface area (Å²) in [6, 6.07) is 17.1. The summed E-state index contributed by atoms with van der Waals surface area (Å²) in [4.78, 5) is 20.7. The molecule has 1 saturated heterocycles. The van der Waals surface area contributed by atoms with Crippen LogP contribution < -0.4 is 14.5 Å². The molecular formula is C25H28N4O4S. The van der Waals surface area contributed by atoms with E-state index in [4.69, 9.17) is 0 Å². The zero-order chi connectivity index (χ0) is 24.3. The van der Waals surface area contributed by atoms with Crippen molar-refractivity contribution in [3.05, 3.63) is 78.0 Å². The van der Waals surface area contributed by atoms with Gasteiger partial charge in [-0.1, -0.05) is 32.0 Å². The largest absolute Gasteiger partial charge is 0.478 e. The van der Waals surface area contributed by atoms with Crippen LogP contribution in [0.5, 0.6) is 0 Å². The van der Waals surface area contributed by atoms with Crippen LogP contribution in [0.4, 0.5) is 17.2 Å². The smallest absolute Gasteiger partial charge is 0.337 e. The maximum Gasteiger partial charge on any atom is 0.337 e. The molecule has 0 saturated carbocycles. The van der Waals surface area contributed by atoms with Crippen molar-refractivity contribution in [2.45, 2.75) is 24.7 Å². The van der Waals surface area contributed by atoms with Gasteiger partial charge < -0.3 is 14.9 Å². The molecule has 1 aliphatic rings. The molecule has 9 heteroatoms. The molecule has 0 spiro atoms. The average molecular weight is 481 g/mol. The lowest BCUT2D eigenvalue weighted by atomic mass is 10.0. The Hall–Kier alpha value is -3.59. The number of hydrogen-bond donors (Lipinski definition) is 2. The quantitative estimate of drug-likeness (QED) is 0.526. The van der Waals surface area contributed by atoms with Crippen molar-refractivity contribution in [3.8, 4) is 0 Å². The Kier molecular flexibility index (Phi) is 6.74. The van der Waals surface area contributed by atoms with Crippen molar-refractivity contribution in [2.24, 2.45) is 0 Å². The van der Waals surface area contributed by atoms with E-state index in [1.54, 1.807) is 42.6 Å². The minimum Gasteiger partial charge on any atom is -0.478 e. The van der Waals surface area contributed by atoms with Crippen LogP contribution in [0.3, 0.4) is 0 Å². The van der Waals surface area contributed by atoms with Gasteiger partial charge in [0.25, 0.3) is 10.0 Å². The van der Waals surface area contributed by atoms with Gasteiger partial charge in [0.2, 0.25) is 0 Å². The number of carbonyl (C=O) groups is 1. The maximum atomic E-state index is 12.8. The fourth-order valence-corrected chi connectivity index (χ4v) is 5.06. The second kappa shape index (κ2) is 9.72. The van der Waals surface area contributed by atoms with Crippen molar-refractivity contribution >= 4 is 33.2 Å². The van der Waals surface area contributed by atoms with Gasteiger partial charge in [0.15, 0.2) is 0 Å². The van der Waals surface area contributed by atoms with Crippen LogP contribution in [0.15, 0.2) is 71.8 Å². The molecule has 0 atom stereocenters. The van der Waals surface area contributed by atoms with Crippen LogP contribution in [0, 0.1) is 0 Å². The Bertz CT molecular complexity index is 1250. The highest BCUT2D eigenvalue weighted by Gasteiger charge is 2.23. The fourth-order valence-electron chi connectivity index (χ4n) is 4.01. The van der Waals surface area contributed by atoms with Crippen LogP contribution in [-0.4, -0.2) is 50.7 Å². The van der Waals surface area contributed by atoms with E-state index in [9.17, 15) is 18.3 Å². The van der Waals surface area contributed by atoms with E-state index in [1.807, 2.05) is 36.9 Å². The third-order valence-corrected chi connectivity index (χ3v) is 7.33. The summed E-state index contributed by atoms with van der Waals surface area (Å²) in [6.07, 6.45) is 1.75. The SMILES string of the molecule is CC(C)c1ccc(S(=O)(=O)Nc2ccc(N3CCN(c4ccccn4)CC3)c(C(=O)O)c2)cc1. The highest BCUT2D eigenvalue weighted by molar-refractivity contribution is 7.92. The lowest BCUT2D eigenvalue weighted by Crippen LogP contribution is -2.47. The number of carboxylic acids is 1. The van der Waals surface area contributed by atoms with E-state index in [2.05, 4.69) is 14.6 Å². The molecule has 178 valence electrons. The molecule has 0 bridgehead atoms. The molecule has 1 aromatic heterocycles. The third-order valence-electron chi connectivity index (χ3n) is 5.93. The van der Waals surface area contributed by atoms with Crippen LogP contribution in [0.2, 0.25) is 0 Å². The monoisotopic (exact) mass is 480 g/mol. The van der Waals surface area contributed by atoms with E-state index < -0.39 is 16.0 Å². The number of aromatic nitrogens is 1. The van der Waals surface area contributed by atoms with Crippen molar-refractivity contribution in [1.82, 2.24) is 4.98 Å². The minimum absolute atomic E-state index is 0.0571. The number of pyridine rings is 1. The normalized spacial score (nSPS) is 14.3. The van der Waals surface area contributed by atoms with Crippen molar-refractivity contribution < 1.29 is 18.3 Å². The molecule has 2 N–H and O–H groups in total. The molecule has 4 rings (SSSR count). The number of rotatable bonds is 7. The second-order valence-corrected chi connectivity index (χ2v) is 10.2. The van der Waals surface area contributed by atoms with E-state index in [0.717, 1.165) is 11.4 Å². The summed E-state index contributed by atoms with van der Waals surface area (Å²) in [5.74, 6) is 0.0810. The molecule has 0 unspecified atom stereocenters. The predicted octanol–water partition coefficient (Wildman–Crippen LogP) is 4.03. The van der Waals surface area contributed by atoms with Gasteiger partial charge in [-0.15, -0.1) is 0 Å². The zero-order valence-electron chi connectivity index (χ0n) is 19.2. The van der Waals surface area contributed by atoms with Crippen LogP contribution in [0.1, 0.15) is 35.7 Å². The summed E-state index contributed by atoms with van der Waals surface area (Å²) < 4.78 is 28.2. The Labute approximate surface area is 199 Å². The first-order chi connectivity index (χ1) is 16.2. The molecule has 1 fully saturated rings. The summed E-state index contributed by atoms with van der Waals surface area (Å²) in [6.45, 7) is 6.74. The molecular weight excluding hydrogens is 452 g/mol. The van der Waals surface area contributed by atoms with Gasteiger partial charge in [0.05, 0.1) is 16.1 Å². The van der Waals surface area contributed by atoms with Crippen LogP contribution in [0.25, 0.3) is 0 Å². The van der Waals surface area contributed by atoms with E-state index in [0.29, 0.717) is 37.8 Å². The Balaban J connectivity index is 1.51. The van der Waals surface area contributed by atoms with Crippen LogP contribution >= 0.6 is 0 Å². The highest BCUT2D eigenvalue weighted by Crippen LogP contribution is 2.28. The fraction of sp³-hybridized carbons (Fsp3) is 0.280. The van der Waals surface area contributed by atoms with Crippen molar-refractivity contribution in [1.29, 1.82) is 0 Å². The van der Waals surface area contributed by atoms with Gasteiger partial charge in [-0.05, 0) is 53.9 Å². The van der Waals surface area contributed by atoms with Gasteiger partial charge in [0.1, 0.15) is 5.82 Å². The topological polar surface area (TPSA) is 103 Å². The summed E-state index contributed by atoms with van der Waals surface area (Å²) in [5.41, 5.74) is 1.87. The first-order valence-corrected chi connectivity index (χ1v) is 12.6. The molecule has 1 aliphatic heterocycles. The highest BCUT2D eigenvalue weighted by atomic mass is 32.2. The molecule has 3 aromatic rings. The lowest BCUT2D eigenvalue weighted by Gasteiger charge is -2.37. The summed E-state index contributed by atoms with van der Waals surface area (Å²) in [7, 11) is -3.84. The second-order valence-electron chi connectivity index (χ2n) is 8.53. The lowest BCUT2D eigenvalue weighted by molar-refractivity contribution is 0.0697. The molecule has 2 heterocycles. The summed E-state index contributed by atoms with van der Waals surface area (Å²) >= 11 is 0. The minimum atomic E-state index is -3.84. The van der Waals surface area contributed by atoms with Gasteiger partial charge in [-0.25, -0.2) is 18.2 Å². The molecule has 0 aliphatic carbocycles. The standard InChI is InChI=1S/C25H28N4O4S/c1-18(2)19-6-9-21(10-7-19)34(32,33)27-20-8-11-23(22(17-20)25(30)31)28-13-15-29(16-14-28)24-5-3-4-12-26-24/h3-12,17-18,27H,13-16H2,1-2H3,(H,30,31). The van der Waals surface area contributed by atoms with Gasteiger partial charge >= 0.3 is 5.97 Å². The van der Waals surface area contributed by atoms with E-state index >= 15 is 0 Å². The third kappa shape index (κ3) is 5.14. The molecule has 8 nitrogen and oxygen atoms in total. The van der Waals surface area contributed by atoms with E-state index in [-0.39, 0.29) is 16.1 Å². The number of aromatic carboxylic acids is 1. The number of sulfonamides is 1. The first kappa shape index (κ1) is 23.6. The number of piperazine rings is 1. The summed E-state index contributed by atoms with van der Waals surface area (Å²) in [5, 5.41) is 9.82. The van der Waals surface area contributed by atoms with Gasteiger partial charge in [-0.3, -0.25) is 4.72 Å².